The molecule has 0 bridgehead atoms. The number of nitrogens with zero attached hydrogens (tertiary/aromatic N) is 1. The summed E-state index contributed by atoms with van der Waals surface area (Å²) in [4.78, 5) is 39.0. The van der Waals surface area contributed by atoms with Crippen LogP contribution in [0.3, 0.4) is 0 Å². The Bertz CT molecular complexity index is 1180. The molecule has 0 unspecified atom stereocenters. The number of carboxylic acid groups (broad SMARTS) is 1. The molecule has 0 aromatic heterocycles. The number of ether oxygens (including phenoxy) is 2. The molecule has 40 heavy (non-hydrogen) atoms. The number of benzene rings is 1. The van der Waals surface area contributed by atoms with Crippen molar-refractivity contribution in [2.75, 3.05) is 26.9 Å². The van der Waals surface area contributed by atoms with E-state index in [1.807, 2.05) is 26.0 Å². The van der Waals surface area contributed by atoms with Gasteiger partial charge in [-0.15, -0.1) is 0 Å². The molecule has 4 rings (SSSR count). The van der Waals surface area contributed by atoms with Gasteiger partial charge in [0.1, 0.15) is 5.75 Å². The highest BCUT2D eigenvalue weighted by Crippen LogP contribution is 2.50. The minimum Gasteiger partial charge on any atom is -0.507 e. The number of allylic oxidation sites excluding steroid dienone is 1. The van der Waals surface area contributed by atoms with Crippen LogP contribution in [0.2, 0.25) is 0 Å². The Morgan fingerprint density at radius 2 is 1.82 bits per heavy atom. The first-order chi connectivity index (χ1) is 19.2. The number of rotatable bonds is 13. The third-order valence-corrected chi connectivity index (χ3v) is 8.76. The molecular formula is C32H43NO7. The first-order valence-electron chi connectivity index (χ1n) is 14.5. The summed E-state index contributed by atoms with van der Waals surface area (Å²) in [6.45, 7) is 7.16. The highest BCUT2D eigenvalue weighted by atomic mass is 16.5. The second kappa shape index (κ2) is 13.1. The van der Waals surface area contributed by atoms with Crippen LogP contribution in [0.1, 0.15) is 75.0 Å². The second-order valence-corrected chi connectivity index (χ2v) is 11.5. The summed E-state index contributed by atoms with van der Waals surface area (Å²) in [5.41, 5.74) is 6.33. The SMILES string of the molecule is CC/C(=C\c1cc(C)c(O)c(C)c1)CC[C@H]1OC[C@H]2C1=C(COC)C[C@H]1C(=O)N(CCCCCC(=O)O)C(=O)[C@H]12. The number of hydrogen-bond donors (Lipinski definition) is 2. The standard InChI is InChI=1S/C32H43NO7/c1-5-21(15-22-13-19(2)30(36)20(3)14-22)10-11-26-28-23(17-39-4)16-24-29(25(28)18-40-26)32(38)33(31(24)37)12-8-6-7-9-27(34)35/h13-15,24-26,29,36H,5-12,16-18H2,1-4H3,(H,34,35)/b21-15+/t24-,25+,26-,29-/m1/s1. The molecule has 2 saturated heterocycles. The Kier molecular flexibility index (Phi) is 9.85. The number of phenolic OH excluding ortho intramolecular Hbond substituents is 1. The van der Waals surface area contributed by atoms with Crippen LogP contribution in [0.5, 0.6) is 5.75 Å². The molecule has 1 aliphatic carbocycles. The smallest absolute Gasteiger partial charge is 0.303 e. The molecule has 2 heterocycles. The first-order valence-corrected chi connectivity index (χ1v) is 14.5. The van der Waals surface area contributed by atoms with E-state index in [4.69, 9.17) is 14.6 Å². The summed E-state index contributed by atoms with van der Waals surface area (Å²) in [5.74, 6) is -1.59. The molecule has 1 aromatic rings. The third kappa shape index (κ3) is 6.33. The van der Waals surface area contributed by atoms with E-state index in [1.165, 1.54) is 10.5 Å². The van der Waals surface area contributed by atoms with E-state index in [1.54, 1.807) is 7.11 Å². The molecule has 0 saturated carbocycles. The van der Waals surface area contributed by atoms with Gasteiger partial charge in [-0.2, -0.15) is 0 Å². The molecule has 2 amide bonds. The zero-order valence-electron chi connectivity index (χ0n) is 24.2. The number of unbranched alkanes of at least 4 members (excludes halogenated alkanes) is 2. The Morgan fingerprint density at radius 1 is 1.10 bits per heavy atom. The maximum Gasteiger partial charge on any atom is 0.303 e. The quantitative estimate of drug-likeness (QED) is 0.196. The molecule has 4 atom stereocenters. The Hall–Kier alpha value is -2.97. The molecule has 2 fully saturated rings. The van der Waals surface area contributed by atoms with Gasteiger partial charge >= 0.3 is 5.97 Å². The number of aliphatic carboxylic acids is 1. The molecule has 8 heteroatoms. The van der Waals surface area contributed by atoms with Gasteiger partial charge < -0.3 is 19.7 Å². The lowest BCUT2D eigenvalue weighted by molar-refractivity contribution is -0.141. The number of carboxylic acids is 1. The topological polar surface area (TPSA) is 113 Å². The van der Waals surface area contributed by atoms with Crippen LogP contribution < -0.4 is 0 Å². The zero-order chi connectivity index (χ0) is 29.0. The van der Waals surface area contributed by atoms with Crippen molar-refractivity contribution >= 4 is 23.9 Å². The summed E-state index contributed by atoms with van der Waals surface area (Å²) in [5, 5.41) is 19.0. The van der Waals surface area contributed by atoms with Crippen molar-refractivity contribution in [3.05, 3.63) is 45.5 Å². The summed E-state index contributed by atoms with van der Waals surface area (Å²) in [6.07, 6.45) is 7.08. The number of phenols is 1. The van der Waals surface area contributed by atoms with Crippen molar-refractivity contribution < 1.29 is 34.1 Å². The van der Waals surface area contributed by atoms with Crippen LogP contribution >= 0.6 is 0 Å². The first kappa shape index (κ1) is 30.0. The Labute approximate surface area is 237 Å². The summed E-state index contributed by atoms with van der Waals surface area (Å²) >= 11 is 0. The fraction of sp³-hybridized carbons (Fsp3) is 0.594. The number of methoxy groups -OCH3 is 1. The van der Waals surface area contributed by atoms with Gasteiger partial charge in [0, 0.05) is 26.0 Å². The molecule has 1 aromatic carbocycles. The highest BCUT2D eigenvalue weighted by Gasteiger charge is 2.56. The minimum atomic E-state index is -0.827. The fourth-order valence-electron chi connectivity index (χ4n) is 6.76. The van der Waals surface area contributed by atoms with Crippen molar-refractivity contribution in [1.29, 1.82) is 0 Å². The predicted molar refractivity (Wildman–Crippen MR) is 152 cm³/mol. The van der Waals surface area contributed by atoms with Crippen molar-refractivity contribution in [3.63, 3.8) is 0 Å². The van der Waals surface area contributed by atoms with Gasteiger partial charge in [0.15, 0.2) is 0 Å². The van der Waals surface area contributed by atoms with E-state index < -0.39 is 11.9 Å². The number of aryl methyl sites for hydroxylation is 2. The van der Waals surface area contributed by atoms with Crippen LogP contribution in [0, 0.1) is 31.6 Å². The van der Waals surface area contributed by atoms with Gasteiger partial charge in [0.05, 0.1) is 31.2 Å². The largest absolute Gasteiger partial charge is 0.507 e. The lowest BCUT2D eigenvalue weighted by atomic mass is 9.69. The highest BCUT2D eigenvalue weighted by molar-refractivity contribution is 6.06. The van der Waals surface area contributed by atoms with Gasteiger partial charge in [-0.3, -0.25) is 19.3 Å². The van der Waals surface area contributed by atoms with E-state index in [0.29, 0.717) is 51.2 Å². The Balaban J connectivity index is 1.47. The molecular weight excluding hydrogens is 510 g/mol. The van der Waals surface area contributed by atoms with Crippen molar-refractivity contribution in [2.24, 2.45) is 17.8 Å². The summed E-state index contributed by atoms with van der Waals surface area (Å²) in [7, 11) is 1.66. The van der Waals surface area contributed by atoms with Gasteiger partial charge in [-0.1, -0.05) is 25.0 Å². The number of likely N-dealkylation sites (tertiary alicyclic amines) is 1. The van der Waals surface area contributed by atoms with E-state index in [2.05, 4.69) is 13.0 Å². The fourth-order valence-corrected chi connectivity index (χ4v) is 6.76. The van der Waals surface area contributed by atoms with Gasteiger partial charge in [-0.05, 0) is 92.3 Å². The number of amides is 2. The number of fused-ring (bicyclic) bond motifs is 3. The number of imide groups is 1. The van der Waals surface area contributed by atoms with Crippen molar-refractivity contribution in [2.45, 2.75) is 78.2 Å². The van der Waals surface area contributed by atoms with Crippen LogP contribution in [-0.2, 0) is 23.9 Å². The van der Waals surface area contributed by atoms with Gasteiger partial charge in [0.25, 0.3) is 0 Å². The van der Waals surface area contributed by atoms with E-state index in [-0.39, 0.29) is 36.2 Å². The van der Waals surface area contributed by atoms with Gasteiger partial charge in [-0.25, -0.2) is 0 Å². The van der Waals surface area contributed by atoms with Crippen LogP contribution in [0.15, 0.2) is 28.9 Å². The zero-order valence-corrected chi connectivity index (χ0v) is 24.2. The van der Waals surface area contributed by atoms with Crippen LogP contribution in [-0.4, -0.2) is 65.9 Å². The van der Waals surface area contributed by atoms with Crippen LogP contribution in [0.25, 0.3) is 6.08 Å². The second-order valence-electron chi connectivity index (χ2n) is 11.5. The lowest BCUT2D eigenvalue weighted by Gasteiger charge is -2.31. The predicted octanol–water partition coefficient (Wildman–Crippen LogP) is 5.19. The lowest BCUT2D eigenvalue weighted by Crippen LogP contribution is -2.35. The average molecular weight is 554 g/mol. The number of hydrogen-bond acceptors (Lipinski definition) is 6. The summed E-state index contributed by atoms with van der Waals surface area (Å²) in [6, 6.07) is 4.00. The summed E-state index contributed by atoms with van der Waals surface area (Å²) < 4.78 is 11.9. The van der Waals surface area contributed by atoms with Gasteiger partial charge in [0.2, 0.25) is 11.8 Å². The minimum absolute atomic E-state index is 0.102. The molecule has 2 N–H and O–H groups in total. The molecule has 0 radical (unpaired) electrons. The monoisotopic (exact) mass is 553 g/mol. The van der Waals surface area contributed by atoms with Crippen LogP contribution in [0.4, 0.5) is 0 Å². The molecule has 2 aliphatic heterocycles. The van der Waals surface area contributed by atoms with Crippen molar-refractivity contribution in [3.8, 4) is 5.75 Å². The number of carbonyl (C=O) groups excluding carboxylic acids is 2. The normalized spacial score (nSPS) is 24.6. The number of carbonyl (C=O) groups is 3. The van der Waals surface area contributed by atoms with Crippen molar-refractivity contribution in [1.82, 2.24) is 4.90 Å². The molecule has 3 aliphatic rings. The third-order valence-electron chi connectivity index (χ3n) is 8.76. The number of aromatic hydroxyl groups is 1. The van der Waals surface area contributed by atoms with E-state index in [0.717, 1.165) is 47.1 Å². The molecule has 8 nitrogen and oxygen atoms in total. The maximum atomic E-state index is 13.5. The van der Waals surface area contributed by atoms with E-state index >= 15 is 0 Å². The Morgan fingerprint density at radius 3 is 2.48 bits per heavy atom. The average Bonchev–Trinajstić information content (AvgIpc) is 3.44. The molecule has 218 valence electrons. The van der Waals surface area contributed by atoms with E-state index in [9.17, 15) is 19.5 Å². The maximum absolute atomic E-state index is 13.5. The molecule has 0 spiro atoms.